The van der Waals surface area contributed by atoms with Gasteiger partial charge in [-0.2, -0.15) is 0 Å². The van der Waals surface area contributed by atoms with Crippen LogP contribution in [0.4, 0.5) is 0 Å². The van der Waals surface area contributed by atoms with Crippen molar-refractivity contribution in [2.24, 2.45) is 5.92 Å². The minimum absolute atomic E-state index is 0.574. The number of hydrogen-bond donors (Lipinski definition) is 2. The molecule has 1 atom stereocenters. The molecule has 0 radical (unpaired) electrons. The molecule has 1 unspecified atom stereocenters. The third-order valence-electron chi connectivity index (χ3n) is 3.55. The largest absolute Gasteiger partial charge is 0.388 e. The lowest BCUT2D eigenvalue weighted by molar-refractivity contribution is 0.0263. The van der Waals surface area contributed by atoms with E-state index in [-0.39, 0.29) is 0 Å². The average Bonchev–Trinajstić information content (AvgIpc) is 2.29. The fourth-order valence-electron chi connectivity index (χ4n) is 2.55. The summed E-state index contributed by atoms with van der Waals surface area (Å²) in [6.07, 6.45) is 2.58. The SMILES string of the molecule is CC(C)CNCC1(O)CCc2cc(Br)ccc2C1. The summed E-state index contributed by atoms with van der Waals surface area (Å²) >= 11 is 3.50. The van der Waals surface area contributed by atoms with Gasteiger partial charge >= 0.3 is 0 Å². The predicted molar refractivity (Wildman–Crippen MR) is 78.8 cm³/mol. The fraction of sp³-hybridized carbons (Fsp3) is 0.600. The molecule has 1 aliphatic carbocycles. The maximum Gasteiger partial charge on any atom is 0.0814 e. The number of halogens is 1. The van der Waals surface area contributed by atoms with Gasteiger partial charge in [0.1, 0.15) is 0 Å². The number of fused-ring (bicyclic) bond motifs is 1. The molecule has 0 bridgehead atoms. The summed E-state index contributed by atoms with van der Waals surface area (Å²) in [5, 5.41) is 14.0. The molecule has 0 aromatic heterocycles. The molecule has 0 saturated carbocycles. The maximum absolute atomic E-state index is 10.6. The molecule has 3 heteroatoms. The highest BCUT2D eigenvalue weighted by Gasteiger charge is 2.31. The highest BCUT2D eigenvalue weighted by atomic mass is 79.9. The van der Waals surface area contributed by atoms with Crippen LogP contribution in [0, 0.1) is 5.92 Å². The lowest BCUT2D eigenvalue weighted by Gasteiger charge is -2.34. The van der Waals surface area contributed by atoms with Crippen LogP contribution in [0.5, 0.6) is 0 Å². The first kappa shape index (κ1) is 14.0. The Balaban J connectivity index is 1.99. The lowest BCUT2D eigenvalue weighted by Crippen LogP contribution is -2.45. The molecule has 0 fully saturated rings. The third kappa shape index (κ3) is 3.56. The normalized spacial score (nSPS) is 23.2. The van der Waals surface area contributed by atoms with E-state index in [1.807, 2.05) is 0 Å². The molecule has 0 amide bonds. The molecule has 0 aliphatic heterocycles. The van der Waals surface area contributed by atoms with Crippen LogP contribution in [0.15, 0.2) is 22.7 Å². The van der Waals surface area contributed by atoms with Crippen molar-refractivity contribution in [2.45, 2.75) is 38.7 Å². The second-order valence-corrected chi connectivity index (χ2v) is 6.75. The molecule has 0 heterocycles. The van der Waals surface area contributed by atoms with Crippen LogP contribution in [0.3, 0.4) is 0 Å². The molecule has 2 rings (SSSR count). The summed E-state index contributed by atoms with van der Waals surface area (Å²) in [7, 11) is 0. The van der Waals surface area contributed by atoms with Crippen LogP contribution in [0.2, 0.25) is 0 Å². The highest BCUT2D eigenvalue weighted by molar-refractivity contribution is 9.10. The summed E-state index contributed by atoms with van der Waals surface area (Å²) in [5.74, 6) is 0.625. The Bertz CT molecular complexity index is 419. The van der Waals surface area contributed by atoms with Crippen molar-refractivity contribution in [1.29, 1.82) is 0 Å². The molecule has 1 aromatic carbocycles. The van der Waals surface area contributed by atoms with Crippen molar-refractivity contribution in [3.63, 3.8) is 0 Å². The van der Waals surface area contributed by atoms with Crippen molar-refractivity contribution in [1.82, 2.24) is 5.32 Å². The molecular formula is C15H22BrNO. The van der Waals surface area contributed by atoms with E-state index in [0.717, 1.165) is 30.3 Å². The van der Waals surface area contributed by atoms with Crippen molar-refractivity contribution >= 4 is 15.9 Å². The molecule has 18 heavy (non-hydrogen) atoms. The number of aliphatic hydroxyl groups is 1. The molecule has 100 valence electrons. The van der Waals surface area contributed by atoms with Crippen molar-refractivity contribution in [3.05, 3.63) is 33.8 Å². The van der Waals surface area contributed by atoms with E-state index in [2.05, 4.69) is 53.3 Å². The molecule has 2 nitrogen and oxygen atoms in total. The van der Waals surface area contributed by atoms with Gasteiger partial charge in [-0.1, -0.05) is 35.8 Å². The van der Waals surface area contributed by atoms with Crippen LogP contribution in [0.1, 0.15) is 31.4 Å². The Kier molecular flexibility index (Phi) is 4.46. The molecule has 2 N–H and O–H groups in total. The van der Waals surface area contributed by atoms with Gasteiger partial charge < -0.3 is 10.4 Å². The van der Waals surface area contributed by atoms with Gasteiger partial charge in [-0.3, -0.25) is 0 Å². The molecule has 0 spiro atoms. The number of benzene rings is 1. The van der Waals surface area contributed by atoms with E-state index in [4.69, 9.17) is 0 Å². The zero-order chi connectivity index (χ0) is 13.2. The van der Waals surface area contributed by atoms with E-state index in [1.165, 1.54) is 11.1 Å². The zero-order valence-electron chi connectivity index (χ0n) is 11.2. The highest BCUT2D eigenvalue weighted by Crippen LogP contribution is 2.30. The second kappa shape index (κ2) is 5.72. The monoisotopic (exact) mass is 311 g/mol. The van der Waals surface area contributed by atoms with Crippen LogP contribution >= 0.6 is 15.9 Å². The Labute approximate surface area is 118 Å². The van der Waals surface area contributed by atoms with Gasteiger partial charge in [-0.25, -0.2) is 0 Å². The van der Waals surface area contributed by atoms with E-state index in [9.17, 15) is 5.11 Å². The summed E-state index contributed by atoms with van der Waals surface area (Å²) in [5.41, 5.74) is 2.09. The topological polar surface area (TPSA) is 32.3 Å². The van der Waals surface area contributed by atoms with E-state index >= 15 is 0 Å². The van der Waals surface area contributed by atoms with Gasteiger partial charge in [-0.15, -0.1) is 0 Å². The summed E-state index contributed by atoms with van der Waals surface area (Å²) in [6, 6.07) is 6.37. The molecular weight excluding hydrogens is 290 g/mol. The van der Waals surface area contributed by atoms with Crippen LogP contribution < -0.4 is 5.32 Å². The molecule has 1 aliphatic rings. The van der Waals surface area contributed by atoms with Crippen LogP contribution in [-0.2, 0) is 12.8 Å². The molecule has 0 saturated heterocycles. The summed E-state index contributed by atoms with van der Waals surface area (Å²) in [4.78, 5) is 0. The maximum atomic E-state index is 10.6. The molecule has 1 aromatic rings. The number of rotatable bonds is 4. The standard InChI is InChI=1S/C15H22BrNO/c1-11(2)9-17-10-15(18)6-5-12-7-14(16)4-3-13(12)8-15/h3-4,7,11,17-18H,5-6,8-10H2,1-2H3. The Morgan fingerprint density at radius 1 is 1.39 bits per heavy atom. The minimum atomic E-state index is -0.574. The Morgan fingerprint density at radius 3 is 2.89 bits per heavy atom. The zero-order valence-corrected chi connectivity index (χ0v) is 12.8. The van der Waals surface area contributed by atoms with Gasteiger partial charge in [0.25, 0.3) is 0 Å². The van der Waals surface area contributed by atoms with Gasteiger partial charge in [0.05, 0.1) is 5.60 Å². The van der Waals surface area contributed by atoms with E-state index < -0.39 is 5.60 Å². The van der Waals surface area contributed by atoms with Crippen molar-refractivity contribution in [3.8, 4) is 0 Å². The fourth-order valence-corrected chi connectivity index (χ4v) is 2.96. The van der Waals surface area contributed by atoms with Gasteiger partial charge in [-0.05, 0) is 48.6 Å². The smallest absolute Gasteiger partial charge is 0.0814 e. The first-order valence-electron chi connectivity index (χ1n) is 6.69. The number of hydrogen-bond acceptors (Lipinski definition) is 2. The van der Waals surface area contributed by atoms with E-state index in [1.54, 1.807) is 0 Å². The van der Waals surface area contributed by atoms with E-state index in [0.29, 0.717) is 12.5 Å². The van der Waals surface area contributed by atoms with Crippen LogP contribution in [-0.4, -0.2) is 23.8 Å². The Hall–Kier alpha value is -0.380. The third-order valence-corrected chi connectivity index (χ3v) is 4.05. The number of aryl methyl sites for hydroxylation is 1. The first-order valence-corrected chi connectivity index (χ1v) is 7.48. The van der Waals surface area contributed by atoms with Crippen molar-refractivity contribution in [2.75, 3.05) is 13.1 Å². The summed E-state index contributed by atoms with van der Waals surface area (Å²) < 4.78 is 1.13. The second-order valence-electron chi connectivity index (χ2n) is 5.84. The minimum Gasteiger partial charge on any atom is -0.388 e. The summed E-state index contributed by atoms with van der Waals surface area (Å²) in [6.45, 7) is 6.03. The van der Waals surface area contributed by atoms with Gasteiger partial charge in [0.2, 0.25) is 0 Å². The van der Waals surface area contributed by atoms with Crippen LogP contribution in [0.25, 0.3) is 0 Å². The average molecular weight is 312 g/mol. The van der Waals surface area contributed by atoms with Gasteiger partial charge in [0.15, 0.2) is 0 Å². The number of nitrogens with one attached hydrogen (secondary N) is 1. The lowest BCUT2D eigenvalue weighted by atomic mass is 9.80. The van der Waals surface area contributed by atoms with Crippen molar-refractivity contribution < 1.29 is 5.11 Å². The van der Waals surface area contributed by atoms with Gasteiger partial charge in [0, 0.05) is 17.4 Å². The Morgan fingerprint density at radius 2 is 2.17 bits per heavy atom. The predicted octanol–water partition coefficient (Wildman–Crippen LogP) is 2.91. The first-order chi connectivity index (χ1) is 8.48. The quantitative estimate of drug-likeness (QED) is 0.896.